The fraction of sp³-hybridized carbons (Fsp3) is 0.143. The number of anilines is 2. The molecule has 2 aromatic carbocycles. The van der Waals surface area contributed by atoms with Crippen LogP contribution in [0.5, 0.6) is 5.75 Å². The van der Waals surface area contributed by atoms with Crippen LogP contribution < -0.4 is 15.8 Å². The average Bonchev–Trinajstić information content (AvgIpc) is 2.40. The zero-order chi connectivity index (χ0) is 15.5. The highest BCUT2D eigenvalue weighted by Crippen LogP contribution is 2.28. The van der Waals surface area contributed by atoms with E-state index in [1.54, 1.807) is 24.3 Å². The maximum absolute atomic E-state index is 13.2. The van der Waals surface area contributed by atoms with E-state index >= 15 is 0 Å². The molecule has 0 spiro atoms. The predicted molar refractivity (Wildman–Crippen MR) is 71.3 cm³/mol. The van der Waals surface area contributed by atoms with Gasteiger partial charge in [-0.15, -0.1) is 13.2 Å². The number of benzene rings is 2. The molecule has 7 heteroatoms. The van der Waals surface area contributed by atoms with E-state index in [-0.39, 0.29) is 0 Å². The van der Waals surface area contributed by atoms with E-state index in [1.165, 1.54) is 6.07 Å². The Bertz CT molecular complexity index is 611. The van der Waals surface area contributed by atoms with Crippen molar-refractivity contribution in [3.63, 3.8) is 0 Å². The van der Waals surface area contributed by atoms with Gasteiger partial charge in [-0.3, -0.25) is 0 Å². The second-order valence-corrected chi connectivity index (χ2v) is 4.29. The molecule has 0 aliphatic carbocycles. The zero-order valence-electron chi connectivity index (χ0n) is 10.7. The number of alkyl halides is 3. The van der Waals surface area contributed by atoms with E-state index in [1.807, 2.05) is 0 Å². The second-order valence-electron chi connectivity index (χ2n) is 4.29. The third kappa shape index (κ3) is 4.55. The molecular formula is C14H12F4N2O. The summed E-state index contributed by atoms with van der Waals surface area (Å²) in [6.07, 6.45) is -4.93. The lowest BCUT2D eigenvalue weighted by atomic mass is 10.2. The Hall–Kier alpha value is -2.44. The van der Waals surface area contributed by atoms with Crippen LogP contribution >= 0.6 is 0 Å². The first kappa shape index (κ1) is 15.0. The molecule has 0 heterocycles. The lowest BCUT2D eigenvalue weighted by molar-refractivity contribution is -0.275. The summed E-state index contributed by atoms with van der Waals surface area (Å²) in [6.45, 7) is 0.359. The molecule has 21 heavy (non-hydrogen) atoms. The number of halogens is 4. The Balaban J connectivity index is 2.06. The van der Waals surface area contributed by atoms with Crippen molar-refractivity contribution < 1.29 is 22.3 Å². The third-order valence-corrected chi connectivity index (χ3v) is 2.63. The first-order valence-corrected chi connectivity index (χ1v) is 5.97. The molecule has 3 N–H and O–H groups in total. The maximum atomic E-state index is 13.2. The van der Waals surface area contributed by atoms with E-state index in [9.17, 15) is 17.6 Å². The van der Waals surface area contributed by atoms with Crippen molar-refractivity contribution in [3.05, 3.63) is 53.8 Å². The highest BCUT2D eigenvalue weighted by atomic mass is 19.4. The van der Waals surface area contributed by atoms with Crippen LogP contribution in [0.2, 0.25) is 0 Å². The number of hydrogen-bond donors (Lipinski definition) is 2. The van der Waals surface area contributed by atoms with Gasteiger partial charge in [-0.05, 0) is 29.8 Å². The Morgan fingerprint density at radius 2 is 1.71 bits per heavy atom. The molecule has 0 unspecified atom stereocenters. The van der Waals surface area contributed by atoms with Gasteiger partial charge in [-0.2, -0.15) is 0 Å². The maximum Gasteiger partial charge on any atom is 0.573 e. The first-order chi connectivity index (χ1) is 9.83. The molecule has 0 aliphatic rings. The summed E-state index contributed by atoms with van der Waals surface area (Å²) in [5, 5.41) is 2.88. The van der Waals surface area contributed by atoms with Crippen LogP contribution in [-0.4, -0.2) is 6.36 Å². The molecule has 0 atom stereocenters. The number of nitrogens with one attached hydrogen (secondary N) is 1. The number of rotatable bonds is 4. The Labute approximate surface area is 118 Å². The van der Waals surface area contributed by atoms with Gasteiger partial charge < -0.3 is 15.8 Å². The van der Waals surface area contributed by atoms with Crippen molar-refractivity contribution in [2.24, 2.45) is 0 Å². The summed E-state index contributed by atoms with van der Waals surface area (Å²) in [5.41, 5.74) is 7.35. The molecule has 0 bridgehead atoms. The van der Waals surface area contributed by atoms with Crippen molar-refractivity contribution in [2.45, 2.75) is 12.9 Å². The largest absolute Gasteiger partial charge is 0.573 e. The quantitative estimate of drug-likeness (QED) is 0.664. The highest BCUT2D eigenvalue weighted by molar-refractivity contribution is 5.49. The molecule has 0 saturated carbocycles. The summed E-state index contributed by atoms with van der Waals surface area (Å²) < 4.78 is 53.2. The average molecular weight is 300 g/mol. The minimum absolute atomic E-state index is 0.312. The fourth-order valence-corrected chi connectivity index (χ4v) is 1.66. The summed E-state index contributed by atoms with van der Waals surface area (Å²) in [7, 11) is 0. The molecule has 0 fully saturated rings. The normalized spacial score (nSPS) is 11.2. The number of nitrogens with two attached hydrogens (primary N) is 1. The Kier molecular flexibility index (Phi) is 4.21. The predicted octanol–water partition coefficient (Wildman–Crippen LogP) is 3.92. The summed E-state index contributed by atoms with van der Waals surface area (Å²) in [4.78, 5) is 0. The topological polar surface area (TPSA) is 47.3 Å². The van der Waals surface area contributed by atoms with Gasteiger partial charge in [0.1, 0.15) is 0 Å². The molecule has 0 saturated heterocycles. The molecule has 3 nitrogen and oxygen atoms in total. The van der Waals surface area contributed by atoms with E-state index in [0.717, 1.165) is 17.7 Å². The molecule has 0 aliphatic heterocycles. The smallest absolute Gasteiger partial charge is 0.403 e. The van der Waals surface area contributed by atoms with Crippen LogP contribution in [0, 0.1) is 5.82 Å². The van der Waals surface area contributed by atoms with Crippen LogP contribution in [0.1, 0.15) is 5.56 Å². The fourth-order valence-electron chi connectivity index (χ4n) is 1.66. The molecule has 0 radical (unpaired) electrons. The second kappa shape index (κ2) is 5.90. The molecule has 0 aromatic heterocycles. The van der Waals surface area contributed by atoms with Gasteiger partial charge >= 0.3 is 6.36 Å². The lowest BCUT2D eigenvalue weighted by Crippen LogP contribution is -2.18. The number of hydrogen-bond acceptors (Lipinski definition) is 3. The van der Waals surface area contributed by atoms with Crippen LogP contribution in [0.25, 0.3) is 0 Å². The van der Waals surface area contributed by atoms with E-state index in [4.69, 9.17) is 5.73 Å². The van der Waals surface area contributed by atoms with Crippen molar-refractivity contribution in [3.8, 4) is 5.75 Å². The zero-order valence-corrected chi connectivity index (χ0v) is 10.7. The van der Waals surface area contributed by atoms with Crippen LogP contribution in [0.3, 0.4) is 0 Å². The van der Waals surface area contributed by atoms with E-state index in [0.29, 0.717) is 17.9 Å². The van der Waals surface area contributed by atoms with Gasteiger partial charge in [0.15, 0.2) is 11.6 Å². The standard InChI is InChI=1S/C14H12F4N2O/c15-12-6-5-11(7-13(12)21-14(16,17)18)20-8-9-1-3-10(19)4-2-9/h1-7,20H,8,19H2. The lowest BCUT2D eigenvalue weighted by Gasteiger charge is -2.12. The molecule has 112 valence electrons. The van der Waals surface area contributed by atoms with Crippen LogP contribution in [0.15, 0.2) is 42.5 Å². The van der Waals surface area contributed by atoms with Gasteiger partial charge in [0.05, 0.1) is 0 Å². The van der Waals surface area contributed by atoms with Gasteiger partial charge in [-0.1, -0.05) is 12.1 Å². The third-order valence-electron chi connectivity index (χ3n) is 2.63. The van der Waals surface area contributed by atoms with Crippen molar-refractivity contribution in [1.82, 2.24) is 0 Å². The van der Waals surface area contributed by atoms with Gasteiger partial charge in [0.2, 0.25) is 0 Å². The van der Waals surface area contributed by atoms with E-state index < -0.39 is 17.9 Å². The summed E-state index contributed by atoms with van der Waals surface area (Å²) in [5.74, 6) is -1.95. The van der Waals surface area contributed by atoms with Gasteiger partial charge in [-0.25, -0.2) is 4.39 Å². The first-order valence-electron chi connectivity index (χ1n) is 5.97. The van der Waals surface area contributed by atoms with Gasteiger partial charge in [0, 0.05) is 24.0 Å². The summed E-state index contributed by atoms with van der Waals surface area (Å²) in [6, 6.07) is 10.2. The van der Waals surface area contributed by atoms with Crippen LogP contribution in [0.4, 0.5) is 28.9 Å². The molecule has 2 rings (SSSR count). The van der Waals surface area contributed by atoms with Gasteiger partial charge in [0.25, 0.3) is 0 Å². The Morgan fingerprint density at radius 3 is 2.33 bits per heavy atom. The van der Waals surface area contributed by atoms with Crippen molar-refractivity contribution in [1.29, 1.82) is 0 Å². The number of nitrogen functional groups attached to an aromatic ring is 1. The minimum atomic E-state index is -4.93. The monoisotopic (exact) mass is 300 g/mol. The van der Waals surface area contributed by atoms with Crippen molar-refractivity contribution >= 4 is 11.4 Å². The SMILES string of the molecule is Nc1ccc(CNc2ccc(F)c(OC(F)(F)F)c2)cc1. The minimum Gasteiger partial charge on any atom is -0.403 e. The number of ether oxygens (including phenoxy) is 1. The van der Waals surface area contributed by atoms with Crippen LogP contribution in [-0.2, 0) is 6.54 Å². The molecule has 0 amide bonds. The van der Waals surface area contributed by atoms with E-state index in [2.05, 4.69) is 10.1 Å². The van der Waals surface area contributed by atoms with Crippen molar-refractivity contribution in [2.75, 3.05) is 11.1 Å². The molecule has 2 aromatic rings. The summed E-state index contributed by atoms with van der Waals surface area (Å²) >= 11 is 0. The molecular weight excluding hydrogens is 288 g/mol. The highest BCUT2D eigenvalue weighted by Gasteiger charge is 2.32. The Morgan fingerprint density at radius 1 is 1.05 bits per heavy atom.